The van der Waals surface area contributed by atoms with Crippen LogP contribution in [-0.4, -0.2) is 55.9 Å². The van der Waals surface area contributed by atoms with Gasteiger partial charge in [-0.3, -0.25) is 9.59 Å². The standard InChI is InChI=1S/C20H18F5N3O4/c21-14-13(15(22)17(24)18(25)16(14)23)20(31)27-12(9-29)19(30)26-10-1-3-11(4-2-10)28-5-7-32-8-6-28/h1-4,12,29H,5-9H2,(H,26,30)(H,27,31). The molecule has 2 amide bonds. The predicted molar refractivity (Wildman–Crippen MR) is 103 cm³/mol. The van der Waals surface area contributed by atoms with E-state index in [9.17, 15) is 36.6 Å². The molecule has 1 unspecified atom stereocenters. The quantitative estimate of drug-likeness (QED) is 0.349. The minimum absolute atomic E-state index is 0.288. The minimum atomic E-state index is -2.42. The van der Waals surface area contributed by atoms with E-state index in [0.29, 0.717) is 26.3 Å². The normalized spacial score (nSPS) is 14.8. The van der Waals surface area contributed by atoms with Crippen LogP contribution >= 0.6 is 0 Å². The van der Waals surface area contributed by atoms with E-state index in [-0.39, 0.29) is 5.69 Å². The van der Waals surface area contributed by atoms with E-state index in [1.165, 1.54) is 0 Å². The van der Waals surface area contributed by atoms with Crippen molar-refractivity contribution < 1.29 is 41.4 Å². The lowest BCUT2D eigenvalue weighted by Crippen LogP contribution is -2.46. The Bertz CT molecular complexity index is 984. The monoisotopic (exact) mass is 459 g/mol. The summed E-state index contributed by atoms with van der Waals surface area (Å²) in [5.74, 6) is -14.5. The summed E-state index contributed by atoms with van der Waals surface area (Å²) in [5, 5.41) is 13.5. The van der Waals surface area contributed by atoms with Crippen molar-refractivity contribution in [2.75, 3.05) is 43.1 Å². The highest BCUT2D eigenvalue weighted by atomic mass is 19.2. The van der Waals surface area contributed by atoms with Crippen LogP contribution in [0.3, 0.4) is 0 Å². The van der Waals surface area contributed by atoms with Crippen LogP contribution in [0.25, 0.3) is 0 Å². The summed E-state index contributed by atoms with van der Waals surface area (Å²) in [5.41, 5.74) is -0.594. The molecule has 1 atom stereocenters. The number of aliphatic hydroxyl groups excluding tert-OH is 1. The molecule has 3 N–H and O–H groups in total. The van der Waals surface area contributed by atoms with Crippen LogP contribution in [0.1, 0.15) is 10.4 Å². The molecule has 12 heteroatoms. The summed E-state index contributed by atoms with van der Waals surface area (Å²) in [6.07, 6.45) is 0. The lowest BCUT2D eigenvalue weighted by Gasteiger charge is -2.29. The molecule has 2 aromatic carbocycles. The predicted octanol–water partition coefficient (Wildman–Crippen LogP) is 1.95. The Morgan fingerprint density at radius 2 is 1.47 bits per heavy atom. The lowest BCUT2D eigenvalue weighted by atomic mass is 10.1. The molecule has 0 saturated carbocycles. The van der Waals surface area contributed by atoms with Gasteiger partial charge in [-0.05, 0) is 24.3 Å². The number of hydrogen-bond donors (Lipinski definition) is 3. The fourth-order valence-electron chi connectivity index (χ4n) is 3.04. The van der Waals surface area contributed by atoms with Gasteiger partial charge in [0, 0.05) is 24.5 Å². The molecule has 1 aliphatic rings. The Kier molecular flexibility index (Phi) is 7.26. The Balaban J connectivity index is 1.69. The second-order valence-electron chi connectivity index (χ2n) is 6.79. The van der Waals surface area contributed by atoms with Gasteiger partial charge in [-0.1, -0.05) is 0 Å². The molecule has 1 saturated heterocycles. The number of nitrogens with one attached hydrogen (secondary N) is 2. The van der Waals surface area contributed by atoms with Crippen LogP contribution in [0.2, 0.25) is 0 Å². The number of nitrogens with zero attached hydrogens (tertiary/aromatic N) is 1. The van der Waals surface area contributed by atoms with Gasteiger partial charge in [-0.25, -0.2) is 22.0 Å². The Labute approximate surface area is 178 Å². The SMILES string of the molecule is O=C(NC(CO)C(=O)Nc1ccc(N2CCOCC2)cc1)c1c(F)c(F)c(F)c(F)c1F. The zero-order valence-electron chi connectivity index (χ0n) is 16.4. The Morgan fingerprint density at radius 3 is 2.00 bits per heavy atom. The molecule has 7 nitrogen and oxygen atoms in total. The molecular formula is C20H18F5N3O4. The van der Waals surface area contributed by atoms with Crippen molar-refractivity contribution in [3.63, 3.8) is 0 Å². The molecule has 1 aliphatic heterocycles. The maximum absolute atomic E-state index is 13.8. The van der Waals surface area contributed by atoms with Crippen molar-refractivity contribution in [1.29, 1.82) is 0 Å². The third-order valence-corrected chi connectivity index (χ3v) is 4.75. The van der Waals surface area contributed by atoms with E-state index >= 15 is 0 Å². The molecule has 0 bridgehead atoms. The fraction of sp³-hybridized carbons (Fsp3) is 0.300. The van der Waals surface area contributed by atoms with E-state index in [1.807, 2.05) is 0 Å². The number of hydrogen-bond acceptors (Lipinski definition) is 5. The van der Waals surface area contributed by atoms with Crippen molar-refractivity contribution in [1.82, 2.24) is 5.32 Å². The first kappa shape index (κ1) is 23.4. The number of anilines is 2. The molecule has 1 fully saturated rings. The number of ether oxygens (including phenoxy) is 1. The number of carbonyl (C=O) groups excluding carboxylic acids is 2. The highest BCUT2D eigenvalue weighted by Crippen LogP contribution is 2.23. The number of amides is 2. The molecular weight excluding hydrogens is 441 g/mol. The molecule has 1 heterocycles. The van der Waals surface area contributed by atoms with E-state index in [0.717, 1.165) is 5.69 Å². The van der Waals surface area contributed by atoms with E-state index < -0.39 is 59.1 Å². The van der Waals surface area contributed by atoms with Crippen molar-refractivity contribution in [2.45, 2.75) is 6.04 Å². The summed E-state index contributed by atoms with van der Waals surface area (Å²) < 4.78 is 72.6. The average Bonchev–Trinajstić information content (AvgIpc) is 2.81. The number of aliphatic hydroxyl groups is 1. The van der Waals surface area contributed by atoms with Crippen molar-refractivity contribution in [3.05, 3.63) is 58.9 Å². The van der Waals surface area contributed by atoms with E-state index in [4.69, 9.17) is 4.74 Å². The molecule has 3 rings (SSSR count). The first-order valence-corrected chi connectivity index (χ1v) is 9.41. The third-order valence-electron chi connectivity index (χ3n) is 4.75. The summed E-state index contributed by atoms with van der Waals surface area (Å²) >= 11 is 0. The zero-order chi connectivity index (χ0) is 23.4. The van der Waals surface area contributed by atoms with Crippen LogP contribution in [-0.2, 0) is 9.53 Å². The van der Waals surface area contributed by atoms with Gasteiger partial charge in [0.25, 0.3) is 5.91 Å². The molecule has 0 aliphatic carbocycles. The summed E-state index contributed by atoms with van der Waals surface area (Å²) in [6.45, 7) is 1.56. The Hall–Kier alpha value is -3.25. The third kappa shape index (κ3) is 4.81. The van der Waals surface area contributed by atoms with Crippen LogP contribution in [0.15, 0.2) is 24.3 Å². The molecule has 172 valence electrons. The largest absolute Gasteiger partial charge is 0.394 e. The van der Waals surface area contributed by atoms with Gasteiger partial charge < -0.3 is 25.4 Å². The number of benzene rings is 2. The summed E-state index contributed by atoms with van der Waals surface area (Å²) in [7, 11) is 0. The number of rotatable bonds is 6. The van der Waals surface area contributed by atoms with Crippen LogP contribution in [0.4, 0.5) is 33.3 Å². The van der Waals surface area contributed by atoms with E-state index in [2.05, 4.69) is 10.2 Å². The lowest BCUT2D eigenvalue weighted by molar-refractivity contribution is -0.118. The first-order valence-electron chi connectivity index (χ1n) is 9.41. The van der Waals surface area contributed by atoms with E-state index in [1.54, 1.807) is 29.6 Å². The van der Waals surface area contributed by atoms with Gasteiger partial charge in [-0.15, -0.1) is 0 Å². The van der Waals surface area contributed by atoms with Crippen molar-refractivity contribution in [3.8, 4) is 0 Å². The smallest absolute Gasteiger partial charge is 0.258 e. The highest BCUT2D eigenvalue weighted by Gasteiger charge is 2.31. The topological polar surface area (TPSA) is 90.9 Å². The van der Waals surface area contributed by atoms with Gasteiger partial charge in [0.05, 0.1) is 19.8 Å². The summed E-state index contributed by atoms with van der Waals surface area (Å²) in [4.78, 5) is 26.5. The maximum atomic E-state index is 13.8. The van der Waals surface area contributed by atoms with Gasteiger partial charge in [-0.2, -0.15) is 0 Å². The highest BCUT2D eigenvalue weighted by molar-refractivity contribution is 6.01. The van der Waals surface area contributed by atoms with Crippen LogP contribution < -0.4 is 15.5 Å². The zero-order valence-corrected chi connectivity index (χ0v) is 16.4. The van der Waals surface area contributed by atoms with Crippen molar-refractivity contribution >= 4 is 23.2 Å². The molecule has 32 heavy (non-hydrogen) atoms. The second-order valence-corrected chi connectivity index (χ2v) is 6.79. The van der Waals surface area contributed by atoms with Crippen LogP contribution in [0, 0.1) is 29.1 Å². The molecule has 0 radical (unpaired) electrons. The Morgan fingerprint density at radius 1 is 0.938 bits per heavy atom. The number of carbonyl (C=O) groups is 2. The number of halogens is 5. The minimum Gasteiger partial charge on any atom is -0.394 e. The van der Waals surface area contributed by atoms with Gasteiger partial charge in [0.1, 0.15) is 11.6 Å². The second kappa shape index (κ2) is 9.92. The van der Waals surface area contributed by atoms with Gasteiger partial charge >= 0.3 is 0 Å². The fourth-order valence-corrected chi connectivity index (χ4v) is 3.04. The molecule has 2 aromatic rings. The first-order chi connectivity index (χ1) is 15.2. The number of morpholine rings is 1. The maximum Gasteiger partial charge on any atom is 0.258 e. The van der Waals surface area contributed by atoms with Crippen molar-refractivity contribution in [2.24, 2.45) is 0 Å². The van der Waals surface area contributed by atoms with Gasteiger partial charge in [0.2, 0.25) is 11.7 Å². The summed E-state index contributed by atoms with van der Waals surface area (Å²) in [6, 6.07) is 4.84. The molecule has 0 aromatic heterocycles. The average molecular weight is 459 g/mol. The van der Waals surface area contributed by atoms with Gasteiger partial charge in [0.15, 0.2) is 23.3 Å². The molecule has 0 spiro atoms. The van der Waals surface area contributed by atoms with Crippen LogP contribution in [0.5, 0.6) is 0 Å².